The number of ether oxygens (including phenoxy) is 1. The van der Waals surface area contributed by atoms with Gasteiger partial charge in [0, 0.05) is 26.2 Å². The van der Waals surface area contributed by atoms with Crippen LogP contribution in [0.5, 0.6) is 0 Å². The van der Waals surface area contributed by atoms with E-state index in [0.717, 1.165) is 26.2 Å². The average molecular weight is 228 g/mol. The lowest BCUT2D eigenvalue weighted by Gasteiger charge is -2.25. The van der Waals surface area contributed by atoms with Gasteiger partial charge in [-0.3, -0.25) is 0 Å². The van der Waals surface area contributed by atoms with Crippen LogP contribution < -0.4 is 5.32 Å². The zero-order valence-corrected chi connectivity index (χ0v) is 11.0. The molecule has 0 bridgehead atoms. The Morgan fingerprint density at radius 2 is 2.12 bits per heavy atom. The van der Waals surface area contributed by atoms with E-state index in [1.165, 1.54) is 38.6 Å². The molecule has 16 heavy (non-hydrogen) atoms. The smallest absolute Gasteiger partial charge is 0.0587 e. The maximum atomic E-state index is 5.73. The molecule has 0 aliphatic carbocycles. The molecule has 1 heterocycles. The van der Waals surface area contributed by atoms with Gasteiger partial charge in [-0.2, -0.15) is 0 Å². The monoisotopic (exact) mass is 228 g/mol. The van der Waals surface area contributed by atoms with Gasteiger partial charge < -0.3 is 15.0 Å². The normalized spacial score (nSPS) is 21.6. The summed E-state index contributed by atoms with van der Waals surface area (Å²) in [5, 5.41) is 3.43. The van der Waals surface area contributed by atoms with Crippen LogP contribution in [0.2, 0.25) is 0 Å². The Balaban J connectivity index is 1.94. The number of likely N-dealkylation sites (N-methyl/N-ethyl adjacent to an activating group) is 1. The third-order valence-corrected chi connectivity index (χ3v) is 3.20. The van der Waals surface area contributed by atoms with Crippen molar-refractivity contribution in [3.05, 3.63) is 0 Å². The summed E-state index contributed by atoms with van der Waals surface area (Å²) in [4.78, 5) is 2.40. The lowest BCUT2D eigenvalue weighted by atomic mass is 10.1. The van der Waals surface area contributed by atoms with Crippen molar-refractivity contribution in [2.24, 2.45) is 0 Å². The molecule has 0 spiro atoms. The highest BCUT2D eigenvalue weighted by Gasteiger charge is 2.13. The molecule has 1 aliphatic heterocycles. The Labute approximate surface area is 101 Å². The maximum absolute atomic E-state index is 5.73. The van der Waals surface area contributed by atoms with Crippen molar-refractivity contribution in [2.45, 2.75) is 45.1 Å². The molecule has 0 amide bonds. The third-order valence-electron chi connectivity index (χ3n) is 3.20. The van der Waals surface area contributed by atoms with E-state index in [9.17, 15) is 0 Å². The maximum Gasteiger partial charge on any atom is 0.0587 e. The first kappa shape index (κ1) is 13.9. The SMILES string of the molecule is CCCNCCN(C)CCC1CCCCO1. The molecule has 0 aromatic rings. The van der Waals surface area contributed by atoms with Gasteiger partial charge in [0.15, 0.2) is 0 Å². The molecule has 1 fully saturated rings. The Morgan fingerprint density at radius 1 is 1.25 bits per heavy atom. The Morgan fingerprint density at radius 3 is 2.81 bits per heavy atom. The Hall–Kier alpha value is -0.120. The summed E-state index contributed by atoms with van der Waals surface area (Å²) in [6.45, 7) is 7.74. The molecule has 0 radical (unpaired) electrons. The fraction of sp³-hybridized carbons (Fsp3) is 1.00. The van der Waals surface area contributed by atoms with Crippen molar-refractivity contribution >= 4 is 0 Å². The Bertz CT molecular complexity index is 158. The fourth-order valence-corrected chi connectivity index (χ4v) is 2.08. The van der Waals surface area contributed by atoms with Crippen LogP contribution in [0.1, 0.15) is 39.0 Å². The van der Waals surface area contributed by atoms with Crippen LogP contribution in [-0.4, -0.2) is 50.8 Å². The first-order valence-corrected chi connectivity index (χ1v) is 6.83. The molecular formula is C13H28N2O. The van der Waals surface area contributed by atoms with Crippen molar-refractivity contribution in [2.75, 3.05) is 39.8 Å². The van der Waals surface area contributed by atoms with Gasteiger partial charge in [0.05, 0.1) is 6.10 Å². The summed E-state index contributed by atoms with van der Waals surface area (Å²) < 4.78 is 5.73. The van der Waals surface area contributed by atoms with Crippen molar-refractivity contribution in [1.82, 2.24) is 10.2 Å². The zero-order chi connectivity index (χ0) is 11.6. The molecule has 1 saturated heterocycles. The van der Waals surface area contributed by atoms with E-state index in [0.29, 0.717) is 6.10 Å². The largest absolute Gasteiger partial charge is 0.378 e. The van der Waals surface area contributed by atoms with E-state index in [2.05, 4.69) is 24.2 Å². The minimum atomic E-state index is 0.528. The van der Waals surface area contributed by atoms with E-state index < -0.39 is 0 Å². The van der Waals surface area contributed by atoms with Crippen molar-refractivity contribution < 1.29 is 4.74 Å². The highest BCUT2D eigenvalue weighted by atomic mass is 16.5. The second kappa shape index (κ2) is 8.97. The van der Waals surface area contributed by atoms with Crippen molar-refractivity contribution in [3.8, 4) is 0 Å². The van der Waals surface area contributed by atoms with Crippen molar-refractivity contribution in [1.29, 1.82) is 0 Å². The summed E-state index contributed by atoms with van der Waals surface area (Å²) in [5.41, 5.74) is 0. The summed E-state index contributed by atoms with van der Waals surface area (Å²) in [7, 11) is 2.20. The summed E-state index contributed by atoms with van der Waals surface area (Å²) in [5.74, 6) is 0. The lowest BCUT2D eigenvalue weighted by molar-refractivity contribution is 0.00681. The minimum absolute atomic E-state index is 0.528. The molecule has 3 nitrogen and oxygen atoms in total. The number of hydrogen-bond acceptors (Lipinski definition) is 3. The highest BCUT2D eigenvalue weighted by Crippen LogP contribution is 2.15. The van der Waals surface area contributed by atoms with Gasteiger partial charge in [0.2, 0.25) is 0 Å². The van der Waals surface area contributed by atoms with Gasteiger partial charge >= 0.3 is 0 Å². The second-order valence-corrected chi connectivity index (χ2v) is 4.83. The minimum Gasteiger partial charge on any atom is -0.378 e. The number of rotatable bonds is 8. The van der Waals surface area contributed by atoms with Crippen LogP contribution in [0.15, 0.2) is 0 Å². The van der Waals surface area contributed by atoms with E-state index in [4.69, 9.17) is 4.74 Å². The molecule has 1 N–H and O–H groups in total. The molecule has 0 aromatic heterocycles. The van der Waals surface area contributed by atoms with Gasteiger partial charge in [0.1, 0.15) is 0 Å². The van der Waals surface area contributed by atoms with Crippen LogP contribution in [0.4, 0.5) is 0 Å². The topological polar surface area (TPSA) is 24.5 Å². The van der Waals surface area contributed by atoms with Gasteiger partial charge in [-0.15, -0.1) is 0 Å². The second-order valence-electron chi connectivity index (χ2n) is 4.83. The fourth-order valence-electron chi connectivity index (χ4n) is 2.08. The van der Waals surface area contributed by atoms with Gasteiger partial charge in [0.25, 0.3) is 0 Å². The molecule has 3 heteroatoms. The van der Waals surface area contributed by atoms with Crippen LogP contribution in [-0.2, 0) is 4.74 Å². The zero-order valence-electron chi connectivity index (χ0n) is 11.0. The summed E-state index contributed by atoms with van der Waals surface area (Å²) >= 11 is 0. The number of hydrogen-bond donors (Lipinski definition) is 1. The number of nitrogens with one attached hydrogen (secondary N) is 1. The summed E-state index contributed by atoms with van der Waals surface area (Å²) in [6, 6.07) is 0. The van der Waals surface area contributed by atoms with Crippen LogP contribution >= 0.6 is 0 Å². The van der Waals surface area contributed by atoms with E-state index >= 15 is 0 Å². The van der Waals surface area contributed by atoms with Gasteiger partial charge in [-0.1, -0.05) is 6.92 Å². The molecule has 0 saturated carbocycles. The molecule has 1 rings (SSSR count). The molecular weight excluding hydrogens is 200 g/mol. The predicted molar refractivity (Wildman–Crippen MR) is 68.9 cm³/mol. The highest BCUT2D eigenvalue weighted by molar-refractivity contribution is 4.66. The van der Waals surface area contributed by atoms with E-state index in [-0.39, 0.29) is 0 Å². The molecule has 96 valence electrons. The third kappa shape index (κ3) is 6.46. The van der Waals surface area contributed by atoms with Crippen LogP contribution in [0.3, 0.4) is 0 Å². The molecule has 1 unspecified atom stereocenters. The van der Waals surface area contributed by atoms with Crippen LogP contribution in [0, 0.1) is 0 Å². The molecule has 1 aliphatic rings. The van der Waals surface area contributed by atoms with Gasteiger partial charge in [-0.25, -0.2) is 0 Å². The van der Waals surface area contributed by atoms with Gasteiger partial charge in [-0.05, 0) is 45.7 Å². The van der Waals surface area contributed by atoms with E-state index in [1.54, 1.807) is 0 Å². The Kier molecular flexibility index (Phi) is 7.81. The predicted octanol–water partition coefficient (Wildman–Crippen LogP) is 1.88. The lowest BCUT2D eigenvalue weighted by Crippen LogP contribution is -2.32. The summed E-state index contributed by atoms with van der Waals surface area (Å²) in [6.07, 6.45) is 6.82. The molecule has 0 aromatic carbocycles. The first-order chi connectivity index (χ1) is 7.83. The number of nitrogens with zero attached hydrogens (tertiary/aromatic N) is 1. The van der Waals surface area contributed by atoms with Crippen molar-refractivity contribution in [3.63, 3.8) is 0 Å². The van der Waals surface area contributed by atoms with E-state index in [1.807, 2.05) is 0 Å². The first-order valence-electron chi connectivity index (χ1n) is 6.83. The standard InChI is InChI=1S/C13H28N2O/c1-3-8-14-9-11-15(2)10-7-13-6-4-5-12-16-13/h13-14H,3-12H2,1-2H3. The quantitative estimate of drug-likeness (QED) is 0.642. The van der Waals surface area contributed by atoms with Crippen LogP contribution in [0.25, 0.3) is 0 Å². The average Bonchev–Trinajstić information content (AvgIpc) is 2.33. The molecule has 1 atom stereocenters.